The molecule has 1 aromatic heterocycles. The summed E-state index contributed by atoms with van der Waals surface area (Å²) in [5.41, 5.74) is 2.77. The van der Waals surface area contributed by atoms with Gasteiger partial charge in [-0.3, -0.25) is 4.79 Å². The van der Waals surface area contributed by atoms with E-state index in [0.29, 0.717) is 22.9 Å². The maximum atomic E-state index is 12.3. The number of fused-ring (bicyclic) bond motifs is 1. The number of imidazole rings is 1. The Bertz CT molecular complexity index is 1310. The number of anilines is 1. The van der Waals surface area contributed by atoms with E-state index in [1.165, 1.54) is 25.3 Å². The Balaban J connectivity index is 1.42. The van der Waals surface area contributed by atoms with Crippen molar-refractivity contribution in [1.82, 2.24) is 9.97 Å². The zero-order chi connectivity index (χ0) is 23.2. The summed E-state index contributed by atoms with van der Waals surface area (Å²) in [7, 11) is 1.53. The molecule has 0 atom stereocenters. The highest BCUT2D eigenvalue weighted by Gasteiger charge is 2.11. The zero-order valence-electron chi connectivity index (χ0n) is 17.7. The topological polar surface area (TPSA) is 114 Å². The van der Waals surface area contributed by atoms with Crippen LogP contribution in [-0.2, 0) is 11.4 Å². The number of amides is 1. The van der Waals surface area contributed by atoms with Gasteiger partial charge in [-0.15, -0.1) is 0 Å². The third kappa shape index (κ3) is 5.19. The highest BCUT2D eigenvalue weighted by atomic mass is 16.5. The van der Waals surface area contributed by atoms with Crippen molar-refractivity contribution in [1.29, 1.82) is 0 Å². The lowest BCUT2D eigenvalue weighted by Gasteiger charge is -2.10. The number of benzene rings is 3. The second-order valence-corrected chi connectivity index (χ2v) is 7.07. The van der Waals surface area contributed by atoms with E-state index in [0.717, 1.165) is 11.0 Å². The number of aromatic nitrogens is 2. The first-order chi connectivity index (χ1) is 16.0. The number of hydrogen-bond acceptors (Lipinski definition) is 5. The van der Waals surface area contributed by atoms with Crippen molar-refractivity contribution in [2.24, 2.45) is 0 Å². The molecular formula is C25H21N3O5. The van der Waals surface area contributed by atoms with Gasteiger partial charge in [-0.1, -0.05) is 30.3 Å². The minimum atomic E-state index is -1.11. The zero-order valence-corrected chi connectivity index (χ0v) is 17.7. The van der Waals surface area contributed by atoms with Crippen LogP contribution in [0.1, 0.15) is 21.7 Å². The summed E-state index contributed by atoms with van der Waals surface area (Å²) >= 11 is 0. The molecule has 33 heavy (non-hydrogen) atoms. The summed E-state index contributed by atoms with van der Waals surface area (Å²) in [4.78, 5) is 31.2. The standard InChI is InChI=1S/C25H21N3O5/c1-32-22-14-16(11-13-24(29)28-18-7-3-2-6-17(18)25(30)31)10-12-21(22)33-15-23-26-19-8-4-5-9-20(19)27-23/h2-14H,15H2,1H3,(H,26,27)(H,28,29)(H,30,31). The summed E-state index contributed by atoms with van der Waals surface area (Å²) in [6, 6.07) is 19.2. The van der Waals surface area contributed by atoms with E-state index in [-0.39, 0.29) is 17.9 Å². The lowest BCUT2D eigenvalue weighted by Crippen LogP contribution is -2.11. The largest absolute Gasteiger partial charge is 0.493 e. The number of aromatic carboxylic acids is 1. The SMILES string of the molecule is COc1cc(C=CC(=O)Nc2ccccc2C(=O)O)ccc1OCc1nc2ccccc2[nH]1. The molecule has 4 rings (SSSR count). The van der Waals surface area contributed by atoms with Gasteiger partial charge in [-0.05, 0) is 48.0 Å². The molecule has 0 bridgehead atoms. The van der Waals surface area contributed by atoms with Gasteiger partial charge in [0.1, 0.15) is 12.4 Å². The van der Waals surface area contributed by atoms with Crippen LogP contribution in [0.5, 0.6) is 11.5 Å². The van der Waals surface area contributed by atoms with Crippen LogP contribution in [0.4, 0.5) is 5.69 Å². The average Bonchev–Trinajstić information content (AvgIpc) is 3.25. The summed E-state index contributed by atoms with van der Waals surface area (Å²) in [6.07, 6.45) is 2.92. The Morgan fingerprint density at radius 3 is 2.64 bits per heavy atom. The number of methoxy groups -OCH3 is 1. The number of hydrogen-bond donors (Lipinski definition) is 3. The molecule has 0 saturated heterocycles. The molecule has 0 aliphatic rings. The smallest absolute Gasteiger partial charge is 0.337 e. The number of rotatable bonds is 8. The summed E-state index contributed by atoms with van der Waals surface area (Å²) in [5, 5.41) is 11.8. The number of H-pyrrole nitrogens is 1. The first kappa shape index (κ1) is 21.6. The van der Waals surface area contributed by atoms with E-state index in [2.05, 4.69) is 15.3 Å². The molecule has 0 unspecified atom stereocenters. The number of carboxylic acid groups (broad SMARTS) is 1. The molecule has 0 aliphatic carbocycles. The van der Waals surface area contributed by atoms with Crippen molar-refractivity contribution in [2.75, 3.05) is 12.4 Å². The van der Waals surface area contributed by atoms with Gasteiger partial charge in [0.05, 0.1) is 29.4 Å². The van der Waals surface area contributed by atoms with Gasteiger partial charge in [0.15, 0.2) is 11.5 Å². The second-order valence-electron chi connectivity index (χ2n) is 7.07. The molecule has 8 nitrogen and oxygen atoms in total. The summed E-state index contributed by atoms with van der Waals surface area (Å²) < 4.78 is 11.3. The number of ether oxygens (including phenoxy) is 2. The number of nitrogens with one attached hydrogen (secondary N) is 2. The highest BCUT2D eigenvalue weighted by molar-refractivity contribution is 6.06. The molecule has 3 N–H and O–H groups in total. The van der Waals surface area contributed by atoms with E-state index in [1.54, 1.807) is 36.4 Å². The van der Waals surface area contributed by atoms with Crippen LogP contribution in [0.15, 0.2) is 72.8 Å². The van der Waals surface area contributed by atoms with Crippen molar-refractivity contribution in [2.45, 2.75) is 6.61 Å². The molecule has 0 fully saturated rings. The number of carbonyl (C=O) groups is 2. The van der Waals surface area contributed by atoms with Crippen LogP contribution in [0.25, 0.3) is 17.1 Å². The number of carbonyl (C=O) groups excluding carboxylic acids is 1. The van der Waals surface area contributed by atoms with Gasteiger partial charge >= 0.3 is 5.97 Å². The summed E-state index contributed by atoms with van der Waals surface area (Å²) in [6.45, 7) is 0.242. The van der Waals surface area contributed by atoms with Crippen molar-refractivity contribution >= 4 is 34.7 Å². The van der Waals surface area contributed by atoms with E-state index in [1.807, 2.05) is 24.3 Å². The third-order valence-electron chi connectivity index (χ3n) is 4.83. The Hall–Kier alpha value is -4.59. The van der Waals surface area contributed by atoms with Crippen molar-refractivity contribution < 1.29 is 24.2 Å². The van der Waals surface area contributed by atoms with Gasteiger partial charge in [0.2, 0.25) is 5.91 Å². The molecule has 0 saturated carbocycles. The van der Waals surface area contributed by atoms with Crippen molar-refractivity contribution in [3.8, 4) is 11.5 Å². The van der Waals surface area contributed by atoms with E-state index in [9.17, 15) is 14.7 Å². The fourth-order valence-electron chi connectivity index (χ4n) is 3.25. The molecular weight excluding hydrogens is 422 g/mol. The van der Waals surface area contributed by atoms with Crippen LogP contribution >= 0.6 is 0 Å². The number of nitrogens with zero attached hydrogens (tertiary/aromatic N) is 1. The molecule has 1 amide bonds. The van der Waals surface area contributed by atoms with Crippen molar-refractivity contribution in [3.05, 3.63) is 89.8 Å². The quantitative estimate of drug-likeness (QED) is 0.346. The molecule has 8 heteroatoms. The van der Waals surface area contributed by atoms with Gasteiger partial charge in [-0.25, -0.2) is 9.78 Å². The molecule has 3 aromatic carbocycles. The fourth-order valence-corrected chi connectivity index (χ4v) is 3.25. The van der Waals surface area contributed by atoms with Gasteiger partial charge in [-0.2, -0.15) is 0 Å². The second kappa shape index (κ2) is 9.69. The number of aromatic amines is 1. The van der Waals surface area contributed by atoms with Crippen LogP contribution in [0.2, 0.25) is 0 Å². The Morgan fingerprint density at radius 2 is 1.85 bits per heavy atom. The lowest BCUT2D eigenvalue weighted by atomic mass is 10.1. The predicted molar refractivity (Wildman–Crippen MR) is 124 cm³/mol. The van der Waals surface area contributed by atoms with Crippen molar-refractivity contribution in [3.63, 3.8) is 0 Å². The number of para-hydroxylation sites is 3. The normalized spacial score (nSPS) is 10.9. The monoisotopic (exact) mass is 443 g/mol. The van der Waals surface area contributed by atoms with E-state index < -0.39 is 11.9 Å². The molecule has 166 valence electrons. The first-order valence-electron chi connectivity index (χ1n) is 10.1. The highest BCUT2D eigenvalue weighted by Crippen LogP contribution is 2.29. The maximum absolute atomic E-state index is 12.3. The number of carboxylic acids is 1. The Labute approximate surface area is 189 Å². The minimum absolute atomic E-state index is 0.0203. The lowest BCUT2D eigenvalue weighted by molar-refractivity contribution is -0.111. The minimum Gasteiger partial charge on any atom is -0.493 e. The Kier molecular flexibility index (Phi) is 6.36. The predicted octanol–water partition coefficient (Wildman–Crippen LogP) is 4.50. The molecule has 0 radical (unpaired) electrons. The molecule has 0 aliphatic heterocycles. The first-order valence-corrected chi connectivity index (χ1v) is 10.1. The Morgan fingerprint density at radius 1 is 1.06 bits per heavy atom. The third-order valence-corrected chi connectivity index (χ3v) is 4.83. The molecule has 0 spiro atoms. The van der Waals surface area contributed by atoms with E-state index in [4.69, 9.17) is 9.47 Å². The van der Waals surface area contributed by atoms with Crippen LogP contribution in [0.3, 0.4) is 0 Å². The fraction of sp³-hybridized carbons (Fsp3) is 0.0800. The van der Waals surface area contributed by atoms with Crippen LogP contribution < -0.4 is 14.8 Å². The van der Waals surface area contributed by atoms with E-state index >= 15 is 0 Å². The summed E-state index contributed by atoms with van der Waals surface area (Å²) in [5.74, 6) is 0.172. The van der Waals surface area contributed by atoms with Crippen LogP contribution in [0, 0.1) is 0 Å². The maximum Gasteiger partial charge on any atom is 0.337 e. The van der Waals surface area contributed by atoms with Gasteiger partial charge in [0, 0.05) is 6.08 Å². The van der Waals surface area contributed by atoms with Gasteiger partial charge < -0.3 is 24.9 Å². The van der Waals surface area contributed by atoms with Crippen LogP contribution in [-0.4, -0.2) is 34.1 Å². The van der Waals surface area contributed by atoms with Gasteiger partial charge in [0.25, 0.3) is 0 Å². The molecule has 1 heterocycles. The molecule has 4 aromatic rings. The average molecular weight is 443 g/mol.